The molecule has 0 N–H and O–H groups in total. The average molecular weight is 549 g/mol. The molecule has 4 aromatic rings. The van der Waals surface area contributed by atoms with E-state index in [0.29, 0.717) is 6.16 Å². The first-order valence-corrected chi connectivity index (χ1v) is 15.6. The van der Waals surface area contributed by atoms with Crippen LogP contribution < -0.4 is 20.7 Å². The molecule has 0 fully saturated rings. The molecule has 0 amide bonds. The van der Waals surface area contributed by atoms with E-state index in [1.54, 1.807) is 12.1 Å². The van der Waals surface area contributed by atoms with Crippen LogP contribution in [0.15, 0.2) is 109 Å². The zero-order chi connectivity index (χ0) is 24.9. The van der Waals surface area contributed by atoms with Gasteiger partial charge in [0.1, 0.15) is 0 Å². The molecule has 178 valence electrons. The summed E-state index contributed by atoms with van der Waals surface area (Å²) in [4.78, 5) is 24.2. The molecule has 0 aliphatic heterocycles. The Balaban J connectivity index is 2.01. The number of ether oxygens (including phenoxy) is 2. The molecule has 0 saturated heterocycles. The molecule has 0 bridgehead atoms. The Labute approximate surface area is 213 Å². The SMILES string of the molecule is COC(=O)c1ccc(CP(Br)(c2ccccc2)(c2ccccc2)c2ccccc2)cc1OC(C)=O. The summed E-state index contributed by atoms with van der Waals surface area (Å²) in [7, 11) is 1.30. The minimum atomic E-state index is -3.25. The van der Waals surface area contributed by atoms with Gasteiger partial charge in [-0.2, -0.15) is 0 Å². The Morgan fingerprint density at radius 2 is 1.20 bits per heavy atom. The minimum absolute atomic E-state index is 0.189. The van der Waals surface area contributed by atoms with Gasteiger partial charge >= 0.3 is 214 Å². The second-order valence-corrected chi connectivity index (χ2v) is 17.2. The summed E-state index contributed by atoms with van der Waals surface area (Å²) < 4.78 is 10.3. The summed E-state index contributed by atoms with van der Waals surface area (Å²) >= 11 is 4.42. The van der Waals surface area contributed by atoms with Gasteiger partial charge in [-0.25, -0.2) is 0 Å². The van der Waals surface area contributed by atoms with Crippen molar-refractivity contribution in [1.82, 2.24) is 0 Å². The van der Waals surface area contributed by atoms with E-state index in [0.717, 1.165) is 5.56 Å². The third-order valence-electron chi connectivity index (χ3n) is 6.07. The van der Waals surface area contributed by atoms with Crippen LogP contribution in [0.3, 0.4) is 0 Å². The fourth-order valence-electron chi connectivity index (χ4n) is 4.46. The van der Waals surface area contributed by atoms with Crippen molar-refractivity contribution in [2.45, 2.75) is 13.1 Å². The van der Waals surface area contributed by atoms with Gasteiger partial charge < -0.3 is 0 Å². The van der Waals surface area contributed by atoms with Crippen LogP contribution in [0, 0.1) is 0 Å². The van der Waals surface area contributed by atoms with Crippen molar-refractivity contribution in [3.8, 4) is 5.75 Å². The molecule has 0 aliphatic carbocycles. The summed E-state index contributed by atoms with van der Waals surface area (Å²) in [6.45, 7) is 1.32. The van der Waals surface area contributed by atoms with Gasteiger partial charge in [0.25, 0.3) is 0 Å². The van der Waals surface area contributed by atoms with Crippen molar-refractivity contribution < 1.29 is 19.1 Å². The molecule has 6 heteroatoms. The van der Waals surface area contributed by atoms with Crippen molar-refractivity contribution in [3.05, 3.63) is 120 Å². The first kappa shape index (κ1) is 24.8. The fourth-order valence-corrected chi connectivity index (χ4v) is 12.2. The van der Waals surface area contributed by atoms with Crippen LogP contribution in [-0.4, -0.2) is 19.0 Å². The molecule has 4 nitrogen and oxygen atoms in total. The van der Waals surface area contributed by atoms with E-state index in [2.05, 4.69) is 88.3 Å². The van der Waals surface area contributed by atoms with Gasteiger partial charge in [-0.15, -0.1) is 0 Å². The van der Waals surface area contributed by atoms with Crippen molar-refractivity contribution in [2.75, 3.05) is 7.11 Å². The zero-order valence-electron chi connectivity index (χ0n) is 19.6. The maximum atomic E-state index is 12.3. The van der Waals surface area contributed by atoms with Crippen LogP contribution in [0.1, 0.15) is 22.8 Å². The monoisotopic (exact) mass is 548 g/mol. The molecule has 4 aromatic carbocycles. The number of benzene rings is 4. The first-order valence-electron chi connectivity index (χ1n) is 11.2. The molecule has 35 heavy (non-hydrogen) atoms. The number of halogens is 1. The molecule has 0 radical (unpaired) electrons. The number of carbonyl (C=O) groups is 2. The van der Waals surface area contributed by atoms with E-state index >= 15 is 0 Å². The molecule has 0 aromatic heterocycles. The van der Waals surface area contributed by atoms with Gasteiger partial charge in [0, 0.05) is 0 Å². The number of methoxy groups -OCH3 is 1. The first-order chi connectivity index (χ1) is 16.9. The predicted octanol–water partition coefficient (Wildman–Crippen LogP) is 5.74. The van der Waals surface area contributed by atoms with E-state index in [4.69, 9.17) is 9.47 Å². The molecule has 4 rings (SSSR count). The maximum absolute atomic E-state index is 12.3. The van der Waals surface area contributed by atoms with Crippen molar-refractivity contribution in [2.24, 2.45) is 0 Å². The summed E-state index contributed by atoms with van der Waals surface area (Å²) in [5.74, 6) is -0.871. The van der Waals surface area contributed by atoms with Crippen LogP contribution in [0.2, 0.25) is 0 Å². The summed E-state index contributed by atoms with van der Waals surface area (Å²) in [6, 6.07) is 36.6. The van der Waals surface area contributed by atoms with Crippen LogP contribution in [0.4, 0.5) is 0 Å². The molecule has 0 aliphatic rings. The Bertz CT molecular complexity index is 1240. The Hall–Kier alpha value is -3.27. The number of carbonyl (C=O) groups excluding carboxylic acids is 2. The van der Waals surface area contributed by atoms with Crippen molar-refractivity contribution in [3.63, 3.8) is 0 Å². The Morgan fingerprint density at radius 3 is 1.60 bits per heavy atom. The third kappa shape index (κ3) is 4.67. The van der Waals surface area contributed by atoms with Gasteiger partial charge in [-0.3, -0.25) is 0 Å². The summed E-state index contributed by atoms with van der Waals surface area (Å²) in [6.07, 6.45) is 0.597. The van der Waals surface area contributed by atoms with Gasteiger partial charge in [0.15, 0.2) is 0 Å². The van der Waals surface area contributed by atoms with E-state index in [-0.39, 0.29) is 11.3 Å². The topological polar surface area (TPSA) is 52.6 Å². The summed E-state index contributed by atoms with van der Waals surface area (Å²) in [5, 5.41) is 0.260. The molecular formula is C29H26BrO4P. The van der Waals surface area contributed by atoms with E-state index in [1.807, 2.05) is 24.3 Å². The standard InChI is InChI=1S/C29H26BrO4P/c1-22(31)34-28-20-23(18-19-27(28)29(32)33-2)21-35(30,24-12-6-3-7-13-24,25-14-8-4-9-15-25)26-16-10-5-11-17-26/h3-20H,21H2,1-2H3. The third-order valence-corrected chi connectivity index (χ3v) is 15.6. The normalized spacial score (nSPS) is 12.3. The van der Waals surface area contributed by atoms with Crippen molar-refractivity contribution in [1.29, 1.82) is 0 Å². The van der Waals surface area contributed by atoms with Crippen LogP contribution in [0.5, 0.6) is 5.75 Å². The second-order valence-electron chi connectivity index (χ2n) is 8.26. The van der Waals surface area contributed by atoms with Gasteiger partial charge in [0.05, 0.1) is 0 Å². The number of hydrogen-bond acceptors (Lipinski definition) is 4. The number of rotatable bonds is 7. The molecule has 0 spiro atoms. The van der Waals surface area contributed by atoms with Gasteiger partial charge in [0.2, 0.25) is 0 Å². The predicted molar refractivity (Wildman–Crippen MR) is 147 cm³/mol. The van der Waals surface area contributed by atoms with Crippen LogP contribution in [0.25, 0.3) is 0 Å². The molecule has 0 heterocycles. The van der Waals surface area contributed by atoms with E-state index < -0.39 is 17.2 Å². The van der Waals surface area contributed by atoms with E-state index in [1.165, 1.54) is 29.9 Å². The second kappa shape index (κ2) is 10.2. The van der Waals surface area contributed by atoms with Crippen molar-refractivity contribution >= 4 is 48.6 Å². The average Bonchev–Trinajstić information content (AvgIpc) is 2.89. The van der Waals surface area contributed by atoms with Crippen LogP contribution >= 0.6 is 20.8 Å². The molecule has 0 unspecified atom stereocenters. The van der Waals surface area contributed by atoms with Crippen LogP contribution in [-0.2, 0) is 15.7 Å². The Kier molecular flexibility index (Phi) is 7.20. The van der Waals surface area contributed by atoms with Gasteiger partial charge in [-0.1, -0.05) is 0 Å². The molecular weight excluding hydrogens is 523 g/mol. The molecule has 0 saturated carbocycles. The van der Waals surface area contributed by atoms with Gasteiger partial charge in [-0.05, 0) is 0 Å². The zero-order valence-corrected chi connectivity index (χ0v) is 22.0. The summed E-state index contributed by atoms with van der Waals surface area (Å²) in [5.41, 5.74) is 1.13. The quantitative estimate of drug-likeness (QED) is 0.168. The fraction of sp³-hybridized carbons (Fsp3) is 0.103. The van der Waals surface area contributed by atoms with E-state index in [9.17, 15) is 9.59 Å². The number of hydrogen-bond donors (Lipinski definition) is 0. The Morgan fingerprint density at radius 1 is 0.743 bits per heavy atom. The number of esters is 2. The molecule has 0 atom stereocenters.